The molecule has 1 atom stereocenters. The van der Waals surface area contributed by atoms with Crippen molar-refractivity contribution in [1.82, 2.24) is 9.03 Å². The molecule has 19 heavy (non-hydrogen) atoms. The molecule has 0 saturated carbocycles. The van der Waals surface area contributed by atoms with E-state index in [-0.39, 0.29) is 31.6 Å². The van der Waals surface area contributed by atoms with E-state index in [1.165, 1.54) is 11.4 Å². The normalized spacial score (nSPS) is 20.2. The minimum atomic E-state index is -3.59. The Morgan fingerprint density at radius 2 is 2.05 bits per heavy atom. The Hall–Kier alpha value is -0.700. The summed E-state index contributed by atoms with van der Waals surface area (Å²) in [5.74, 6) is -0.511. The van der Waals surface area contributed by atoms with E-state index in [0.717, 1.165) is 0 Å². The summed E-state index contributed by atoms with van der Waals surface area (Å²) in [6.07, 6.45) is 1.45. The number of nitrogens with one attached hydrogen (secondary N) is 1. The quantitative estimate of drug-likeness (QED) is 0.642. The number of aliphatic hydroxyl groups excluding tert-OH is 1. The summed E-state index contributed by atoms with van der Waals surface area (Å²) in [4.78, 5) is 11.4. The van der Waals surface area contributed by atoms with Crippen molar-refractivity contribution in [2.45, 2.75) is 32.2 Å². The summed E-state index contributed by atoms with van der Waals surface area (Å²) < 4.78 is 32.5. The third-order valence-electron chi connectivity index (χ3n) is 3.36. The summed E-state index contributed by atoms with van der Waals surface area (Å²) >= 11 is 0. The molecule has 8 heteroatoms. The third kappa shape index (κ3) is 4.41. The fourth-order valence-electron chi connectivity index (χ4n) is 2.03. The van der Waals surface area contributed by atoms with Crippen molar-refractivity contribution in [3.63, 3.8) is 0 Å². The van der Waals surface area contributed by atoms with Gasteiger partial charge in [-0.15, -0.1) is 0 Å². The van der Waals surface area contributed by atoms with Crippen molar-refractivity contribution in [2.75, 3.05) is 26.8 Å². The van der Waals surface area contributed by atoms with Gasteiger partial charge in [0.25, 0.3) is 10.2 Å². The number of ether oxygens (including phenoxy) is 1. The summed E-state index contributed by atoms with van der Waals surface area (Å²) in [7, 11) is -2.26. The number of hydrogen-bond donors (Lipinski definition) is 2. The predicted octanol–water partition coefficient (Wildman–Crippen LogP) is -0.523. The summed E-state index contributed by atoms with van der Waals surface area (Å²) in [5.41, 5.74) is 0. The van der Waals surface area contributed by atoms with Crippen LogP contribution in [-0.4, -0.2) is 56.6 Å². The van der Waals surface area contributed by atoms with Crippen LogP contribution in [0.15, 0.2) is 0 Å². The molecular formula is C11H22N2O5S. The monoisotopic (exact) mass is 294 g/mol. The molecule has 112 valence electrons. The molecule has 0 aliphatic carbocycles. The fraction of sp³-hybridized carbons (Fsp3) is 0.909. The van der Waals surface area contributed by atoms with Crippen LogP contribution in [0.1, 0.15) is 26.2 Å². The first-order valence-corrected chi connectivity index (χ1v) is 7.84. The maximum atomic E-state index is 12.0. The van der Waals surface area contributed by atoms with Crippen molar-refractivity contribution in [1.29, 1.82) is 0 Å². The molecule has 1 aliphatic heterocycles. The van der Waals surface area contributed by atoms with E-state index in [4.69, 9.17) is 5.11 Å². The number of methoxy groups -OCH3 is 1. The molecule has 0 unspecified atom stereocenters. The lowest BCUT2D eigenvalue weighted by atomic mass is 9.99. The SMILES string of the molecule is CC[C@H](CO)NS(=O)(=O)N1CCC(C(=O)OC)CC1. The summed E-state index contributed by atoms with van der Waals surface area (Å²) in [6, 6.07) is -0.469. The van der Waals surface area contributed by atoms with Gasteiger partial charge in [-0.25, -0.2) is 0 Å². The van der Waals surface area contributed by atoms with Crippen LogP contribution in [0, 0.1) is 5.92 Å². The number of piperidine rings is 1. The van der Waals surface area contributed by atoms with Gasteiger partial charge in [-0.05, 0) is 19.3 Å². The standard InChI is InChI=1S/C11H22N2O5S/c1-3-10(8-14)12-19(16,17)13-6-4-9(5-7-13)11(15)18-2/h9-10,12,14H,3-8H2,1-2H3/t10-/m1/s1. The van der Waals surface area contributed by atoms with Gasteiger partial charge in [0.2, 0.25) is 0 Å². The molecule has 1 rings (SSSR count). The van der Waals surface area contributed by atoms with Crippen LogP contribution < -0.4 is 4.72 Å². The van der Waals surface area contributed by atoms with Gasteiger partial charge in [-0.2, -0.15) is 17.4 Å². The largest absolute Gasteiger partial charge is 0.469 e. The third-order valence-corrected chi connectivity index (χ3v) is 5.03. The predicted molar refractivity (Wildman–Crippen MR) is 69.5 cm³/mol. The summed E-state index contributed by atoms with van der Waals surface area (Å²) in [5, 5.41) is 9.03. The van der Waals surface area contributed by atoms with Gasteiger partial charge in [-0.3, -0.25) is 4.79 Å². The maximum Gasteiger partial charge on any atom is 0.308 e. The number of nitrogens with zero attached hydrogens (tertiary/aromatic N) is 1. The van der Waals surface area contributed by atoms with E-state index < -0.39 is 16.3 Å². The number of aliphatic hydroxyl groups is 1. The molecule has 1 aliphatic rings. The molecule has 1 heterocycles. The fourth-order valence-corrected chi connectivity index (χ4v) is 3.54. The topological polar surface area (TPSA) is 95.9 Å². The van der Waals surface area contributed by atoms with Gasteiger partial charge in [0.05, 0.1) is 19.6 Å². The number of carbonyl (C=O) groups is 1. The minimum Gasteiger partial charge on any atom is -0.469 e. The van der Waals surface area contributed by atoms with E-state index >= 15 is 0 Å². The molecule has 0 spiro atoms. The molecule has 7 nitrogen and oxygen atoms in total. The molecule has 0 aromatic rings. The molecule has 2 N–H and O–H groups in total. The molecule has 0 aromatic heterocycles. The molecule has 0 radical (unpaired) electrons. The lowest BCUT2D eigenvalue weighted by Crippen LogP contribution is -2.49. The van der Waals surface area contributed by atoms with Crippen molar-refractivity contribution >= 4 is 16.2 Å². The summed E-state index contributed by atoms with van der Waals surface area (Å²) in [6.45, 7) is 2.15. The first-order chi connectivity index (χ1) is 8.94. The van der Waals surface area contributed by atoms with Crippen LogP contribution in [0.4, 0.5) is 0 Å². The van der Waals surface area contributed by atoms with E-state index in [9.17, 15) is 13.2 Å². The van der Waals surface area contributed by atoms with Gasteiger partial charge in [0.15, 0.2) is 0 Å². The van der Waals surface area contributed by atoms with Crippen LogP contribution in [-0.2, 0) is 19.7 Å². The van der Waals surface area contributed by atoms with Crippen LogP contribution in [0.2, 0.25) is 0 Å². The van der Waals surface area contributed by atoms with E-state index in [2.05, 4.69) is 9.46 Å². The molecule has 0 bridgehead atoms. The Bertz CT molecular complexity index is 386. The number of rotatable bonds is 6. The molecule has 1 fully saturated rings. The Morgan fingerprint density at radius 3 is 2.47 bits per heavy atom. The van der Waals surface area contributed by atoms with Crippen LogP contribution in [0.3, 0.4) is 0 Å². The number of hydrogen-bond acceptors (Lipinski definition) is 5. The molecule has 0 amide bonds. The van der Waals surface area contributed by atoms with Crippen molar-refractivity contribution in [3.05, 3.63) is 0 Å². The number of esters is 1. The first kappa shape index (κ1) is 16.4. The average Bonchev–Trinajstić information content (AvgIpc) is 2.44. The zero-order valence-corrected chi connectivity index (χ0v) is 12.1. The van der Waals surface area contributed by atoms with Gasteiger partial charge in [0.1, 0.15) is 0 Å². The van der Waals surface area contributed by atoms with E-state index in [0.29, 0.717) is 19.3 Å². The Morgan fingerprint density at radius 1 is 1.47 bits per heavy atom. The highest BCUT2D eigenvalue weighted by atomic mass is 32.2. The highest BCUT2D eigenvalue weighted by molar-refractivity contribution is 7.87. The zero-order valence-electron chi connectivity index (χ0n) is 11.3. The molecule has 0 aromatic carbocycles. The Labute approximate surface area is 114 Å². The second kappa shape index (κ2) is 7.18. The highest BCUT2D eigenvalue weighted by Crippen LogP contribution is 2.20. The van der Waals surface area contributed by atoms with Gasteiger partial charge in [-0.1, -0.05) is 6.92 Å². The van der Waals surface area contributed by atoms with Crippen molar-refractivity contribution in [3.8, 4) is 0 Å². The average molecular weight is 294 g/mol. The van der Waals surface area contributed by atoms with Gasteiger partial charge in [0, 0.05) is 19.1 Å². The van der Waals surface area contributed by atoms with E-state index in [1.807, 2.05) is 0 Å². The first-order valence-electron chi connectivity index (χ1n) is 6.40. The van der Waals surface area contributed by atoms with Crippen LogP contribution in [0.5, 0.6) is 0 Å². The number of carbonyl (C=O) groups excluding carboxylic acids is 1. The lowest BCUT2D eigenvalue weighted by Gasteiger charge is -2.31. The zero-order chi connectivity index (χ0) is 14.5. The molecular weight excluding hydrogens is 272 g/mol. The van der Waals surface area contributed by atoms with Crippen molar-refractivity contribution < 1.29 is 23.1 Å². The highest BCUT2D eigenvalue weighted by Gasteiger charge is 2.32. The van der Waals surface area contributed by atoms with Crippen LogP contribution >= 0.6 is 0 Å². The van der Waals surface area contributed by atoms with Crippen LogP contribution in [0.25, 0.3) is 0 Å². The second-order valence-electron chi connectivity index (χ2n) is 4.61. The lowest BCUT2D eigenvalue weighted by molar-refractivity contribution is -0.146. The second-order valence-corrected chi connectivity index (χ2v) is 6.31. The van der Waals surface area contributed by atoms with E-state index in [1.54, 1.807) is 6.92 Å². The van der Waals surface area contributed by atoms with Gasteiger partial charge < -0.3 is 9.84 Å². The minimum absolute atomic E-state index is 0.226. The maximum absolute atomic E-state index is 12.0. The van der Waals surface area contributed by atoms with Gasteiger partial charge >= 0.3 is 5.97 Å². The van der Waals surface area contributed by atoms with Crippen molar-refractivity contribution in [2.24, 2.45) is 5.92 Å². The smallest absolute Gasteiger partial charge is 0.308 e. The Balaban J connectivity index is 2.56. The molecule has 1 saturated heterocycles. The Kier molecular flexibility index (Phi) is 6.18.